The van der Waals surface area contributed by atoms with Crippen LogP contribution in [0.4, 0.5) is 0 Å². The van der Waals surface area contributed by atoms with E-state index in [1.165, 1.54) is 12.2 Å². The van der Waals surface area contributed by atoms with Gasteiger partial charge in [-0.3, -0.25) is 0 Å². The van der Waals surface area contributed by atoms with E-state index in [1.54, 1.807) is 0 Å². The number of ether oxygens (including phenoxy) is 1. The maximum absolute atomic E-state index is 5.53. The van der Waals surface area contributed by atoms with Gasteiger partial charge in [0.25, 0.3) is 0 Å². The summed E-state index contributed by atoms with van der Waals surface area (Å²) in [6, 6.07) is 0. The van der Waals surface area contributed by atoms with E-state index in [4.69, 9.17) is 4.74 Å². The Bertz CT molecular complexity index is 167. The highest BCUT2D eigenvalue weighted by atomic mass is 32.2. The monoisotopic (exact) mass is 232 g/mol. The van der Waals surface area contributed by atoms with Crippen LogP contribution in [-0.2, 0) is 4.74 Å². The summed E-state index contributed by atoms with van der Waals surface area (Å²) in [6.45, 7) is 6.46. The van der Waals surface area contributed by atoms with Gasteiger partial charge in [-0.25, -0.2) is 0 Å². The lowest BCUT2D eigenvalue weighted by Gasteiger charge is -2.14. The van der Waals surface area contributed by atoms with Gasteiger partial charge in [-0.15, -0.1) is 0 Å². The molecular weight excluding hydrogens is 208 g/mol. The first-order valence-electron chi connectivity index (χ1n) is 5.79. The highest BCUT2D eigenvalue weighted by Gasteiger charge is 2.23. The van der Waals surface area contributed by atoms with Crippen molar-refractivity contribution in [3.8, 4) is 0 Å². The topological polar surface area (TPSA) is 24.5 Å². The predicted molar refractivity (Wildman–Crippen MR) is 67.7 cm³/mol. The summed E-state index contributed by atoms with van der Waals surface area (Å²) in [7, 11) is 4.21. The van der Waals surface area contributed by atoms with E-state index in [1.807, 2.05) is 11.8 Å². The Balaban J connectivity index is 1.88. The Morgan fingerprint density at radius 2 is 2.20 bits per heavy atom. The van der Waals surface area contributed by atoms with Crippen LogP contribution < -0.4 is 5.32 Å². The van der Waals surface area contributed by atoms with Crippen molar-refractivity contribution < 1.29 is 4.74 Å². The highest BCUT2D eigenvalue weighted by Crippen LogP contribution is 2.25. The molecule has 2 atom stereocenters. The molecule has 3 nitrogen and oxygen atoms in total. The zero-order valence-electron chi connectivity index (χ0n) is 10.2. The number of hydrogen-bond acceptors (Lipinski definition) is 4. The maximum Gasteiger partial charge on any atom is 0.0666 e. The Kier molecular flexibility index (Phi) is 6.64. The van der Waals surface area contributed by atoms with E-state index in [0.29, 0.717) is 6.10 Å². The highest BCUT2D eigenvalue weighted by molar-refractivity contribution is 8.00. The Hall–Kier alpha value is 0.230. The van der Waals surface area contributed by atoms with E-state index in [9.17, 15) is 0 Å². The minimum absolute atomic E-state index is 0.455. The van der Waals surface area contributed by atoms with Crippen LogP contribution in [0.25, 0.3) is 0 Å². The number of thioether (sulfide) groups is 1. The fourth-order valence-electron chi connectivity index (χ4n) is 1.64. The third kappa shape index (κ3) is 5.76. The SMILES string of the molecule is CC1OCCC1SCCNCCN(C)C. The number of rotatable bonds is 7. The molecule has 0 radical (unpaired) electrons. The van der Waals surface area contributed by atoms with Crippen molar-refractivity contribution in [1.29, 1.82) is 0 Å². The molecule has 1 saturated heterocycles. The van der Waals surface area contributed by atoms with E-state index in [0.717, 1.165) is 31.5 Å². The number of hydrogen-bond donors (Lipinski definition) is 1. The van der Waals surface area contributed by atoms with E-state index in [-0.39, 0.29) is 0 Å². The van der Waals surface area contributed by atoms with Crippen LogP contribution in [0.15, 0.2) is 0 Å². The normalized spacial score (nSPS) is 26.4. The Morgan fingerprint density at radius 1 is 1.40 bits per heavy atom. The lowest BCUT2D eigenvalue weighted by atomic mass is 10.3. The second kappa shape index (κ2) is 7.49. The van der Waals surface area contributed by atoms with E-state index >= 15 is 0 Å². The van der Waals surface area contributed by atoms with Gasteiger partial charge >= 0.3 is 0 Å². The molecule has 0 aliphatic carbocycles. The molecule has 0 spiro atoms. The van der Waals surface area contributed by atoms with Gasteiger partial charge in [-0.05, 0) is 27.4 Å². The van der Waals surface area contributed by atoms with Crippen LogP contribution in [-0.4, -0.2) is 62.3 Å². The first kappa shape index (κ1) is 13.3. The van der Waals surface area contributed by atoms with Crippen molar-refractivity contribution in [2.75, 3.05) is 46.1 Å². The molecule has 4 heteroatoms. The summed E-state index contributed by atoms with van der Waals surface area (Å²) in [4.78, 5) is 2.20. The fourth-order valence-corrected chi connectivity index (χ4v) is 2.82. The first-order chi connectivity index (χ1) is 7.20. The van der Waals surface area contributed by atoms with Crippen LogP contribution in [0.1, 0.15) is 13.3 Å². The smallest absolute Gasteiger partial charge is 0.0666 e. The van der Waals surface area contributed by atoms with Crippen molar-refractivity contribution in [2.24, 2.45) is 0 Å². The number of likely N-dealkylation sites (N-methyl/N-ethyl adjacent to an activating group) is 1. The average Bonchev–Trinajstić information content (AvgIpc) is 2.57. The lowest BCUT2D eigenvalue weighted by Crippen LogP contribution is -2.28. The van der Waals surface area contributed by atoms with Gasteiger partial charge in [0.2, 0.25) is 0 Å². The van der Waals surface area contributed by atoms with Crippen molar-refractivity contribution >= 4 is 11.8 Å². The summed E-state index contributed by atoms with van der Waals surface area (Å²) in [5.74, 6) is 1.20. The lowest BCUT2D eigenvalue weighted by molar-refractivity contribution is 0.127. The molecule has 1 N–H and O–H groups in total. The molecule has 1 heterocycles. The molecule has 0 amide bonds. The Morgan fingerprint density at radius 3 is 2.80 bits per heavy atom. The summed E-state index contributed by atoms with van der Waals surface area (Å²) >= 11 is 2.05. The van der Waals surface area contributed by atoms with Gasteiger partial charge in [0.1, 0.15) is 0 Å². The minimum atomic E-state index is 0.455. The van der Waals surface area contributed by atoms with Crippen molar-refractivity contribution in [1.82, 2.24) is 10.2 Å². The van der Waals surface area contributed by atoms with Crippen LogP contribution in [0.5, 0.6) is 0 Å². The molecule has 0 aromatic rings. The molecule has 1 rings (SSSR count). The van der Waals surface area contributed by atoms with Gasteiger partial charge in [-0.1, -0.05) is 0 Å². The van der Waals surface area contributed by atoms with Crippen LogP contribution in [0.3, 0.4) is 0 Å². The molecule has 1 aliphatic heterocycles. The molecule has 90 valence electrons. The molecule has 1 aliphatic rings. The zero-order valence-corrected chi connectivity index (χ0v) is 11.0. The fraction of sp³-hybridized carbons (Fsp3) is 1.00. The standard InChI is InChI=1S/C11H24N2OS/c1-10-11(4-8-14-10)15-9-6-12-5-7-13(2)3/h10-12H,4-9H2,1-3H3. The Labute approximate surface area is 97.9 Å². The van der Waals surface area contributed by atoms with Gasteiger partial charge in [0, 0.05) is 37.2 Å². The van der Waals surface area contributed by atoms with Crippen LogP contribution in [0.2, 0.25) is 0 Å². The molecule has 2 unspecified atom stereocenters. The predicted octanol–water partition coefficient (Wildman–Crippen LogP) is 1.05. The van der Waals surface area contributed by atoms with Crippen LogP contribution >= 0.6 is 11.8 Å². The summed E-state index contributed by atoms with van der Waals surface area (Å²) in [5.41, 5.74) is 0. The molecule has 1 fully saturated rings. The largest absolute Gasteiger partial charge is 0.377 e. The van der Waals surface area contributed by atoms with Gasteiger partial charge < -0.3 is 15.0 Å². The van der Waals surface area contributed by atoms with Gasteiger partial charge in [0.15, 0.2) is 0 Å². The van der Waals surface area contributed by atoms with Crippen molar-refractivity contribution in [3.05, 3.63) is 0 Å². The first-order valence-corrected chi connectivity index (χ1v) is 6.83. The average molecular weight is 232 g/mol. The second-order valence-corrected chi connectivity index (χ2v) is 5.67. The third-order valence-corrected chi connectivity index (χ3v) is 4.14. The molecule has 0 aromatic carbocycles. The maximum atomic E-state index is 5.53. The molecule has 15 heavy (non-hydrogen) atoms. The van der Waals surface area contributed by atoms with Gasteiger partial charge in [0.05, 0.1) is 6.10 Å². The number of nitrogens with one attached hydrogen (secondary N) is 1. The van der Waals surface area contributed by atoms with E-state index < -0.39 is 0 Å². The van der Waals surface area contributed by atoms with E-state index in [2.05, 4.69) is 31.2 Å². The summed E-state index contributed by atoms with van der Waals surface area (Å²) < 4.78 is 5.53. The van der Waals surface area contributed by atoms with Crippen molar-refractivity contribution in [3.63, 3.8) is 0 Å². The minimum Gasteiger partial charge on any atom is -0.377 e. The van der Waals surface area contributed by atoms with Crippen LogP contribution in [0, 0.1) is 0 Å². The zero-order chi connectivity index (χ0) is 11.1. The van der Waals surface area contributed by atoms with Gasteiger partial charge in [-0.2, -0.15) is 11.8 Å². The van der Waals surface area contributed by atoms with Crippen molar-refractivity contribution in [2.45, 2.75) is 24.7 Å². The second-order valence-electron chi connectivity index (χ2n) is 4.33. The third-order valence-electron chi connectivity index (χ3n) is 2.65. The molecule has 0 aromatic heterocycles. The summed E-state index contributed by atoms with van der Waals surface area (Å²) in [5, 5.41) is 4.18. The summed E-state index contributed by atoms with van der Waals surface area (Å²) in [6.07, 6.45) is 1.68. The quantitative estimate of drug-likeness (QED) is 0.663. The molecule has 0 saturated carbocycles. The molecule has 0 bridgehead atoms. The molecular formula is C11H24N2OS. The number of nitrogens with zero attached hydrogens (tertiary/aromatic N) is 1.